The molecule has 17 heavy (non-hydrogen) atoms. The standard InChI is InChI=1S/C10H16N2O4S/c1-12-9(8(6-11-12)10(13)14)7-17(15)5-3-4-16-2/h6H,3-5,7H2,1-2H3,(H,13,14). The molecule has 0 spiro atoms. The molecule has 1 atom stereocenters. The molecule has 1 rings (SSSR count). The molecule has 1 unspecified atom stereocenters. The Kier molecular flexibility index (Phi) is 5.30. The maximum absolute atomic E-state index is 11.7. The van der Waals surface area contributed by atoms with Gasteiger partial charge < -0.3 is 9.84 Å². The Morgan fingerprint density at radius 1 is 1.65 bits per heavy atom. The maximum Gasteiger partial charge on any atom is 0.339 e. The van der Waals surface area contributed by atoms with Crippen LogP contribution in [0.4, 0.5) is 0 Å². The molecule has 1 heterocycles. The molecule has 0 aromatic carbocycles. The SMILES string of the molecule is COCCCS(=O)Cc1c(C(=O)O)cnn1C. The number of aryl methyl sites for hydroxylation is 1. The van der Waals surface area contributed by atoms with Crippen molar-refractivity contribution in [3.8, 4) is 0 Å². The van der Waals surface area contributed by atoms with E-state index in [1.807, 2.05) is 0 Å². The number of carboxylic acid groups (broad SMARTS) is 1. The van der Waals surface area contributed by atoms with Gasteiger partial charge in [0.15, 0.2) is 0 Å². The summed E-state index contributed by atoms with van der Waals surface area (Å²) in [6.07, 6.45) is 1.98. The molecule has 0 saturated carbocycles. The Morgan fingerprint density at radius 3 is 2.94 bits per heavy atom. The van der Waals surface area contributed by atoms with Gasteiger partial charge in [0.1, 0.15) is 5.56 Å². The summed E-state index contributed by atoms with van der Waals surface area (Å²) in [6, 6.07) is 0. The predicted octanol–water partition coefficient (Wildman–Crippen LogP) is 0.403. The van der Waals surface area contributed by atoms with Crippen molar-refractivity contribution >= 4 is 16.8 Å². The fraction of sp³-hybridized carbons (Fsp3) is 0.600. The summed E-state index contributed by atoms with van der Waals surface area (Å²) in [5, 5.41) is 12.8. The van der Waals surface area contributed by atoms with Crippen molar-refractivity contribution in [1.29, 1.82) is 0 Å². The summed E-state index contributed by atoms with van der Waals surface area (Å²) in [5.74, 6) is -0.332. The van der Waals surface area contributed by atoms with Crippen LogP contribution in [0.25, 0.3) is 0 Å². The van der Waals surface area contributed by atoms with Gasteiger partial charge in [0.2, 0.25) is 0 Å². The van der Waals surface area contributed by atoms with Crippen LogP contribution < -0.4 is 0 Å². The van der Waals surface area contributed by atoms with Crippen LogP contribution in [0.1, 0.15) is 22.5 Å². The van der Waals surface area contributed by atoms with E-state index in [0.29, 0.717) is 24.5 Å². The molecule has 0 aliphatic heterocycles. The van der Waals surface area contributed by atoms with Gasteiger partial charge in [-0.05, 0) is 6.42 Å². The zero-order valence-electron chi connectivity index (χ0n) is 9.88. The molecule has 0 bridgehead atoms. The van der Waals surface area contributed by atoms with Crippen LogP contribution in [0.3, 0.4) is 0 Å². The van der Waals surface area contributed by atoms with E-state index in [2.05, 4.69) is 5.10 Å². The summed E-state index contributed by atoms with van der Waals surface area (Å²) < 4.78 is 18.1. The first-order valence-corrected chi connectivity index (χ1v) is 6.63. The molecule has 1 aromatic heterocycles. The molecular weight excluding hydrogens is 244 g/mol. The van der Waals surface area contributed by atoms with Crippen molar-refractivity contribution in [3.05, 3.63) is 17.5 Å². The Hall–Kier alpha value is -1.21. The lowest BCUT2D eigenvalue weighted by atomic mass is 10.3. The lowest BCUT2D eigenvalue weighted by Gasteiger charge is -2.04. The quantitative estimate of drug-likeness (QED) is 0.718. The number of hydrogen-bond donors (Lipinski definition) is 1. The molecule has 1 N–H and O–H groups in total. The predicted molar refractivity (Wildman–Crippen MR) is 63.4 cm³/mol. The normalized spacial score (nSPS) is 12.6. The van der Waals surface area contributed by atoms with Crippen LogP contribution in [0.15, 0.2) is 6.20 Å². The molecule has 0 fully saturated rings. The second-order valence-corrected chi connectivity index (χ2v) is 5.14. The molecule has 0 saturated heterocycles. The van der Waals surface area contributed by atoms with E-state index < -0.39 is 16.8 Å². The summed E-state index contributed by atoms with van der Waals surface area (Å²) in [7, 11) is 2.14. The average molecular weight is 260 g/mol. The topological polar surface area (TPSA) is 81.4 Å². The van der Waals surface area contributed by atoms with Gasteiger partial charge in [-0.25, -0.2) is 4.79 Å². The fourth-order valence-electron chi connectivity index (χ4n) is 1.40. The Balaban J connectivity index is 2.64. The van der Waals surface area contributed by atoms with Gasteiger partial charge in [-0.15, -0.1) is 0 Å². The smallest absolute Gasteiger partial charge is 0.339 e. The number of methoxy groups -OCH3 is 1. The van der Waals surface area contributed by atoms with Gasteiger partial charge in [-0.1, -0.05) is 0 Å². The average Bonchev–Trinajstić information content (AvgIpc) is 2.61. The number of aromatic nitrogens is 2. The third kappa shape index (κ3) is 3.94. The number of ether oxygens (including phenoxy) is 1. The van der Waals surface area contributed by atoms with Gasteiger partial charge in [0.25, 0.3) is 0 Å². The highest BCUT2D eigenvalue weighted by atomic mass is 32.2. The molecular formula is C10H16N2O4S. The largest absolute Gasteiger partial charge is 0.478 e. The highest BCUT2D eigenvalue weighted by molar-refractivity contribution is 7.84. The summed E-state index contributed by atoms with van der Waals surface area (Å²) in [5.41, 5.74) is 0.612. The van der Waals surface area contributed by atoms with Crippen molar-refractivity contribution in [1.82, 2.24) is 9.78 Å². The number of nitrogens with zero attached hydrogens (tertiary/aromatic N) is 2. The van der Waals surface area contributed by atoms with Crippen LogP contribution in [0.2, 0.25) is 0 Å². The fourth-order valence-corrected chi connectivity index (χ4v) is 2.63. The summed E-state index contributed by atoms with van der Waals surface area (Å²) in [4.78, 5) is 10.9. The number of carboxylic acids is 1. The maximum atomic E-state index is 11.7. The molecule has 7 heteroatoms. The molecule has 96 valence electrons. The third-order valence-electron chi connectivity index (χ3n) is 2.31. The number of hydrogen-bond acceptors (Lipinski definition) is 4. The summed E-state index contributed by atoms with van der Waals surface area (Å²) >= 11 is 0. The molecule has 6 nitrogen and oxygen atoms in total. The highest BCUT2D eigenvalue weighted by Gasteiger charge is 2.16. The van der Waals surface area contributed by atoms with Crippen LogP contribution in [0, 0.1) is 0 Å². The van der Waals surface area contributed by atoms with Crippen LogP contribution >= 0.6 is 0 Å². The Bertz CT molecular complexity index is 416. The van der Waals surface area contributed by atoms with Gasteiger partial charge in [0.05, 0.1) is 17.6 Å². The van der Waals surface area contributed by atoms with E-state index in [0.717, 1.165) is 0 Å². The zero-order valence-corrected chi connectivity index (χ0v) is 10.7. The van der Waals surface area contributed by atoms with Gasteiger partial charge >= 0.3 is 5.97 Å². The van der Waals surface area contributed by atoms with Crippen LogP contribution in [-0.4, -0.2) is 44.5 Å². The Labute approximate surface area is 102 Å². The van der Waals surface area contributed by atoms with Gasteiger partial charge in [0, 0.05) is 37.3 Å². The van der Waals surface area contributed by atoms with E-state index in [1.54, 1.807) is 14.2 Å². The lowest BCUT2D eigenvalue weighted by molar-refractivity contribution is 0.0696. The van der Waals surface area contributed by atoms with E-state index in [4.69, 9.17) is 9.84 Å². The van der Waals surface area contributed by atoms with Crippen molar-refractivity contribution in [2.24, 2.45) is 7.05 Å². The first kappa shape index (κ1) is 13.9. The van der Waals surface area contributed by atoms with Crippen molar-refractivity contribution in [2.45, 2.75) is 12.2 Å². The first-order chi connectivity index (χ1) is 8.06. The van der Waals surface area contributed by atoms with Crippen LogP contribution in [-0.2, 0) is 28.3 Å². The highest BCUT2D eigenvalue weighted by Crippen LogP contribution is 2.10. The lowest BCUT2D eigenvalue weighted by Crippen LogP contribution is -2.10. The van der Waals surface area contributed by atoms with E-state index in [9.17, 15) is 9.00 Å². The minimum atomic E-state index is -1.09. The number of aromatic carboxylic acids is 1. The third-order valence-corrected chi connectivity index (χ3v) is 3.65. The molecule has 1 aromatic rings. The molecule has 0 aliphatic carbocycles. The van der Waals surface area contributed by atoms with Crippen molar-refractivity contribution in [2.75, 3.05) is 19.5 Å². The van der Waals surface area contributed by atoms with Crippen molar-refractivity contribution < 1.29 is 18.8 Å². The number of carbonyl (C=O) groups is 1. The monoisotopic (exact) mass is 260 g/mol. The Morgan fingerprint density at radius 2 is 2.35 bits per heavy atom. The van der Waals surface area contributed by atoms with Gasteiger partial charge in [-0.3, -0.25) is 8.89 Å². The molecule has 0 radical (unpaired) electrons. The second kappa shape index (κ2) is 6.51. The van der Waals surface area contributed by atoms with Crippen LogP contribution in [0.5, 0.6) is 0 Å². The number of rotatable bonds is 7. The minimum Gasteiger partial charge on any atom is -0.478 e. The summed E-state index contributed by atoms with van der Waals surface area (Å²) in [6.45, 7) is 0.558. The van der Waals surface area contributed by atoms with E-state index >= 15 is 0 Å². The first-order valence-electron chi connectivity index (χ1n) is 5.14. The second-order valence-electron chi connectivity index (χ2n) is 3.57. The molecule has 0 amide bonds. The minimum absolute atomic E-state index is 0.118. The van der Waals surface area contributed by atoms with Crippen molar-refractivity contribution in [3.63, 3.8) is 0 Å². The molecule has 0 aliphatic rings. The van der Waals surface area contributed by atoms with Gasteiger partial charge in [-0.2, -0.15) is 5.10 Å². The zero-order chi connectivity index (χ0) is 12.8. The van der Waals surface area contributed by atoms with E-state index in [1.165, 1.54) is 10.9 Å². The van der Waals surface area contributed by atoms with E-state index in [-0.39, 0.29) is 11.3 Å².